The lowest BCUT2D eigenvalue weighted by molar-refractivity contribution is -0.385. The highest BCUT2D eigenvalue weighted by molar-refractivity contribution is 5.89. The van der Waals surface area contributed by atoms with Gasteiger partial charge in [0.15, 0.2) is 11.5 Å². The van der Waals surface area contributed by atoms with E-state index in [9.17, 15) is 15.2 Å². The van der Waals surface area contributed by atoms with E-state index in [0.29, 0.717) is 5.69 Å². The number of nitro benzene ring substituents is 1. The predicted octanol–water partition coefficient (Wildman–Crippen LogP) is 4.00. The number of ether oxygens (including phenoxy) is 1. The Balaban J connectivity index is 1.99. The smallest absolute Gasteiger partial charge is 0.274 e. The number of aliphatic imine (C=N–C) groups is 1. The molecule has 2 aromatic carbocycles. The van der Waals surface area contributed by atoms with E-state index in [-0.39, 0.29) is 29.4 Å². The molecular formula is C18H15N3O4. The second-order valence-corrected chi connectivity index (χ2v) is 5.21. The van der Waals surface area contributed by atoms with E-state index in [1.807, 2.05) is 24.3 Å². The Morgan fingerprint density at radius 1 is 1.32 bits per heavy atom. The van der Waals surface area contributed by atoms with Gasteiger partial charge >= 0.3 is 0 Å². The van der Waals surface area contributed by atoms with Gasteiger partial charge in [0.05, 0.1) is 28.8 Å². The number of non-ortho nitro benzene ring substituents is 1. The largest absolute Gasteiger partial charge is 0.504 e. The highest BCUT2D eigenvalue weighted by atomic mass is 16.6. The van der Waals surface area contributed by atoms with Crippen molar-refractivity contribution in [3.63, 3.8) is 0 Å². The number of fused-ring (bicyclic) bond motifs is 1. The molecule has 1 heterocycles. The number of nitrogens with zero attached hydrogens (tertiary/aromatic N) is 3. The number of phenols is 1. The molecule has 7 nitrogen and oxygen atoms in total. The number of nitro groups is 1. The molecule has 0 atom stereocenters. The minimum absolute atomic E-state index is 0.0564. The van der Waals surface area contributed by atoms with Gasteiger partial charge in [-0.05, 0) is 31.2 Å². The molecule has 126 valence electrons. The van der Waals surface area contributed by atoms with Crippen LogP contribution in [-0.2, 0) is 0 Å². The summed E-state index contributed by atoms with van der Waals surface area (Å²) >= 11 is 0. The van der Waals surface area contributed by atoms with Crippen LogP contribution in [0.4, 0.5) is 11.4 Å². The number of rotatable bonds is 5. The molecule has 0 saturated carbocycles. The van der Waals surface area contributed by atoms with E-state index in [1.54, 1.807) is 19.2 Å². The summed E-state index contributed by atoms with van der Waals surface area (Å²) in [6.07, 6.45) is 3.09. The number of pyridine rings is 1. The van der Waals surface area contributed by atoms with Crippen molar-refractivity contribution in [1.29, 1.82) is 0 Å². The van der Waals surface area contributed by atoms with Crippen LogP contribution in [0.2, 0.25) is 0 Å². The standard InChI is InChI=1S/C18H15N3O4/c1-2-25-17-10-15(21(23)24)9-13(18(17)22)11-20-14-5-6-16-12(8-14)4-3-7-19-16/h3-11,22H,2H2,1H3. The van der Waals surface area contributed by atoms with E-state index in [4.69, 9.17) is 4.74 Å². The van der Waals surface area contributed by atoms with E-state index in [1.165, 1.54) is 18.3 Å². The Labute approximate surface area is 143 Å². The summed E-state index contributed by atoms with van der Waals surface area (Å²) in [5.41, 5.74) is 1.52. The Morgan fingerprint density at radius 3 is 2.92 bits per heavy atom. The quantitative estimate of drug-likeness (QED) is 0.431. The Kier molecular flexibility index (Phi) is 4.56. The maximum Gasteiger partial charge on any atom is 0.274 e. The summed E-state index contributed by atoms with van der Waals surface area (Å²) in [6.45, 7) is 2.01. The van der Waals surface area contributed by atoms with E-state index < -0.39 is 4.92 Å². The Bertz CT molecular complexity index is 970. The van der Waals surface area contributed by atoms with Crippen molar-refractivity contribution < 1.29 is 14.8 Å². The normalized spacial score (nSPS) is 11.1. The highest BCUT2D eigenvalue weighted by Gasteiger charge is 2.16. The van der Waals surface area contributed by atoms with Gasteiger partial charge in [-0.15, -0.1) is 0 Å². The molecule has 0 aliphatic heterocycles. The molecule has 0 saturated heterocycles. The molecular weight excluding hydrogens is 322 g/mol. The third-order valence-corrected chi connectivity index (χ3v) is 3.54. The number of aromatic hydroxyl groups is 1. The molecule has 3 rings (SSSR count). The molecule has 3 aromatic rings. The number of hydrogen-bond acceptors (Lipinski definition) is 6. The number of phenolic OH excluding ortho intramolecular Hbond substituents is 1. The van der Waals surface area contributed by atoms with E-state index in [0.717, 1.165) is 10.9 Å². The third kappa shape index (κ3) is 3.55. The fraction of sp³-hybridized carbons (Fsp3) is 0.111. The SMILES string of the molecule is CCOc1cc([N+](=O)[O-])cc(C=Nc2ccc3ncccc3c2)c1O. The zero-order chi connectivity index (χ0) is 17.8. The van der Waals surface area contributed by atoms with Crippen molar-refractivity contribution in [2.24, 2.45) is 4.99 Å². The molecule has 0 amide bonds. The molecule has 0 bridgehead atoms. The molecule has 0 aliphatic carbocycles. The first kappa shape index (κ1) is 16.4. The van der Waals surface area contributed by atoms with Gasteiger partial charge < -0.3 is 9.84 Å². The summed E-state index contributed by atoms with van der Waals surface area (Å²) in [7, 11) is 0. The molecule has 0 spiro atoms. The van der Waals surface area contributed by atoms with Crippen LogP contribution in [0, 0.1) is 10.1 Å². The Hall–Kier alpha value is -3.48. The van der Waals surface area contributed by atoms with Gasteiger partial charge in [0, 0.05) is 29.4 Å². The fourth-order valence-corrected chi connectivity index (χ4v) is 2.37. The summed E-state index contributed by atoms with van der Waals surface area (Å²) in [5, 5.41) is 22.2. The van der Waals surface area contributed by atoms with Crippen LogP contribution < -0.4 is 4.74 Å². The average molecular weight is 337 g/mol. The summed E-state index contributed by atoms with van der Waals surface area (Å²) in [5.74, 6) is -0.125. The molecule has 7 heteroatoms. The summed E-state index contributed by atoms with van der Waals surface area (Å²) in [4.78, 5) is 19.1. The van der Waals surface area contributed by atoms with E-state index in [2.05, 4.69) is 9.98 Å². The fourth-order valence-electron chi connectivity index (χ4n) is 2.37. The highest BCUT2D eigenvalue weighted by Crippen LogP contribution is 2.34. The van der Waals surface area contributed by atoms with Crippen LogP contribution in [0.25, 0.3) is 10.9 Å². The van der Waals surface area contributed by atoms with Crippen molar-refractivity contribution in [2.75, 3.05) is 6.61 Å². The predicted molar refractivity (Wildman–Crippen MR) is 94.9 cm³/mol. The lowest BCUT2D eigenvalue weighted by atomic mass is 10.1. The number of hydrogen-bond donors (Lipinski definition) is 1. The van der Waals surface area contributed by atoms with Crippen molar-refractivity contribution in [1.82, 2.24) is 4.98 Å². The third-order valence-electron chi connectivity index (χ3n) is 3.54. The van der Waals surface area contributed by atoms with Gasteiger partial charge in [-0.25, -0.2) is 0 Å². The lowest BCUT2D eigenvalue weighted by Crippen LogP contribution is -1.97. The van der Waals surface area contributed by atoms with Crippen LogP contribution in [0.5, 0.6) is 11.5 Å². The average Bonchev–Trinajstić information content (AvgIpc) is 2.62. The number of aromatic nitrogens is 1. The molecule has 25 heavy (non-hydrogen) atoms. The second kappa shape index (κ2) is 6.96. The summed E-state index contributed by atoms with van der Waals surface area (Å²) < 4.78 is 5.25. The van der Waals surface area contributed by atoms with Crippen LogP contribution >= 0.6 is 0 Å². The van der Waals surface area contributed by atoms with Crippen molar-refractivity contribution in [2.45, 2.75) is 6.92 Å². The van der Waals surface area contributed by atoms with E-state index >= 15 is 0 Å². The van der Waals surface area contributed by atoms with Gasteiger partial charge in [-0.1, -0.05) is 6.07 Å². The first-order valence-electron chi connectivity index (χ1n) is 7.61. The minimum atomic E-state index is -0.541. The van der Waals surface area contributed by atoms with Crippen LogP contribution in [0.15, 0.2) is 53.7 Å². The molecule has 0 aliphatic rings. The topological polar surface area (TPSA) is 97.9 Å². The maximum absolute atomic E-state index is 11.1. The van der Waals surface area contributed by atoms with Gasteiger partial charge in [-0.3, -0.25) is 20.1 Å². The van der Waals surface area contributed by atoms with Crippen LogP contribution in [-0.4, -0.2) is 27.8 Å². The second-order valence-electron chi connectivity index (χ2n) is 5.21. The first-order chi connectivity index (χ1) is 12.1. The molecule has 1 aromatic heterocycles. The van der Waals surface area contributed by atoms with Crippen LogP contribution in [0.1, 0.15) is 12.5 Å². The molecule has 0 radical (unpaired) electrons. The maximum atomic E-state index is 11.1. The van der Waals surface area contributed by atoms with Gasteiger partial charge in [0.2, 0.25) is 0 Å². The van der Waals surface area contributed by atoms with Crippen LogP contribution in [0.3, 0.4) is 0 Å². The Morgan fingerprint density at radius 2 is 2.16 bits per heavy atom. The number of benzene rings is 2. The van der Waals surface area contributed by atoms with Gasteiger partial charge in [0.25, 0.3) is 5.69 Å². The molecule has 0 unspecified atom stereocenters. The van der Waals surface area contributed by atoms with Crippen molar-refractivity contribution >= 4 is 28.5 Å². The molecule has 0 fully saturated rings. The zero-order valence-electron chi connectivity index (χ0n) is 13.4. The monoisotopic (exact) mass is 337 g/mol. The minimum Gasteiger partial charge on any atom is -0.504 e. The first-order valence-corrected chi connectivity index (χ1v) is 7.61. The van der Waals surface area contributed by atoms with Crippen molar-refractivity contribution in [3.8, 4) is 11.5 Å². The summed E-state index contributed by atoms with van der Waals surface area (Å²) in [6, 6.07) is 11.7. The zero-order valence-corrected chi connectivity index (χ0v) is 13.4. The lowest BCUT2D eigenvalue weighted by Gasteiger charge is -2.08. The molecule has 1 N–H and O–H groups in total. The van der Waals surface area contributed by atoms with Gasteiger partial charge in [-0.2, -0.15) is 0 Å². The van der Waals surface area contributed by atoms with Gasteiger partial charge in [0.1, 0.15) is 0 Å². The van der Waals surface area contributed by atoms with Crippen molar-refractivity contribution in [3.05, 3.63) is 64.3 Å².